The lowest BCUT2D eigenvalue weighted by Gasteiger charge is -2.34. The standard InChI is InChI=1S/C17H25N3O4S.ClH/c1-3-13-5-4-6-14(11-13)20-15(21)12-19-16(22)17(25(2,23)24)7-9-18-10-8-17;/h4-6,11,18H,3,7-10,12H2,1-2H3,(H,19,22)(H,20,21);1H. The van der Waals surface area contributed by atoms with Crippen molar-refractivity contribution >= 4 is 39.7 Å². The number of amides is 2. The van der Waals surface area contributed by atoms with Crippen molar-refractivity contribution in [3.63, 3.8) is 0 Å². The number of carbonyl (C=O) groups is 2. The van der Waals surface area contributed by atoms with Crippen molar-refractivity contribution in [3.05, 3.63) is 29.8 Å². The van der Waals surface area contributed by atoms with Crippen LogP contribution in [0, 0.1) is 0 Å². The first kappa shape index (κ1) is 22.4. The number of hydrogen-bond donors (Lipinski definition) is 3. The highest BCUT2D eigenvalue weighted by atomic mass is 35.5. The Kier molecular flexibility index (Phi) is 8.05. The number of hydrogen-bond acceptors (Lipinski definition) is 5. The molecule has 0 bridgehead atoms. The van der Waals surface area contributed by atoms with Crippen molar-refractivity contribution in [2.45, 2.75) is 30.9 Å². The Morgan fingerprint density at radius 3 is 2.46 bits per heavy atom. The van der Waals surface area contributed by atoms with E-state index in [1.54, 1.807) is 6.07 Å². The van der Waals surface area contributed by atoms with Gasteiger partial charge in [0.15, 0.2) is 14.6 Å². The van der Waals surface area contributed by atoms with Gasteiger partial charge in [0.05, 0.1) is 6.54 Å². The van der Waals surface area contributed by atoms with Crippen LogP contribution in [0.5, 0.6) is 0 Å². The fourth-order valence-corrected chi connectivity index (χ4v) is 4.35. The van der Waals surface area contributed by atoms with Crippen LogP contribution in [0.25, 0.3) is 0 Å². The molecule has 2 rings (SSSR count). The van der Waals surface area contributed by atoms with Gasteiger partial charge in [-0.3, -0.25) is 9.59 Å². The van der Waals surface area contributed by atoms with Gasteiger partial charge < -0.3 is 16.0 Å². The van der Waals surface area contributed by atoms with Crippen LogP contribution in [-0.2, 0) is 25.8 Å². The van der Waals surface area contributed by atoms with Gasteiger partial charge in [-0.05, 0) is 50.0 Å². The van der Waals surface area contributed by atoms with Crippen LogP contribution in [0.1, 0.15) is 25.3 Å². The number of aryl methyl sites for hydroxylation is 1. The van der Waals surface area contributed by atoms with Crippen molar-refractivity contribution < 1.29 is 18.0 Å². The fraction of sp³-hybridized carbons (Fsp3) is 0.529. The summed E-state index contributed by atoms with van der Waals surface area (Å²) in [5.41, 5.74) is 1.74. The molecule has 7 nitrogen and oxygen atoms in total. The zero-order chi connectivity index (χ0) is 18.5. The number of halogens is 1. The number of sulfone groups is 1. The number of carbonyl (C=O) groups excluding carboxylic acids is 2. The van der Waals surface area contributed by atoms with Crippen molar-refractivity contribution in [1.29, 1.82) is 0 Å². The van der Waals surface area contributed by atoms with Gasteiger partial charge in [0, 0.05) is 11.9 Å². The average molecular weight is 404 g/mol. The van der Waals surface area contributed by atoms with Crippen LogP contribution in [-0.4, -0.2) is 50.9 Å². The highest BCUT2D eigenvalue weighted by molar-refractivity contribution is 7.92. The number of rotatable bonds is 6. The molecule has 1 aliphatic rings. The van der Waals surface area contributed by atoms with Crippen LogP contribution in [0.3, 0.4) is 0 Å². The van der Waals surface area contributed by atoms with Crippen LogP contribution < -0.4 is 16.0 Å². The third kappa shape index (κ3) is 5.18. The summed E-state index contributed by atoms with van der Waals surface area (Å²) in [6, 6.07) is 7.44. The molecule has 0 unspecified atom stereocenters. The minimum Gasteiger partial charge on any atom is -0.346 e. The van der Waals surface area contributed by atoms with E-state index in [1.807, 2.05) is 25.1 Å². The lowest BCUT2D eigenvalue weighted by molar-refractivity contribution is -0.126. The molecule has 1 fully saturated rings. The molecular weight excluding hydrogens is 378 g/mol. The molecule has 0 saturated carbocycles. The Morgan fingerprint density at radius 2 is 1.88 bits per heavy atom. The van der Waals surface area contributed by atoms with Gasteiger partial charge in [-0.2, -0.15) is 0 Å². The Hall–Kier alpha value is -1.64. The molecule has 0 radical (unpaired) electrons. The van der Waals surface area contributed by atoms with E-state index in [9.17, 15) is 18.0 Å². The van der Waals surface area contributed by atoms with Gasteiger partial charge in [-0.1, -0.05) is 19.1 Å². The van der Waals surface area contributed by atoms with Crippen LogP contribution in [0.4, 0.5) is 5.69 Å². The second-order valence-corrected chi connectivity index (χ2v) is 8.63. The van der Waals surface area contributed by atoms with Crippen LogP contribution in [0.2, 0.25) is 0 Å². The molecule has 1 heterocycles. The van der Waals surface area contributed by atoms with Gasteiger partial charge in [0.2, 0.25) is 11.8 Å². The Balaban J connectivity index is 0.00000338. The summed E-state index contributed by atoms with van der Waals surface area (Å²) in [7, 11) is -3.59. The van der Waals surface area contributed by atoms with E-state index in [1.165, 1.54) is 0 Å². The molecule has 26 heavy (non-hydrogen) atoms. The SMILES string of the molecule is CCc1cccc(NC(=O)CNC(=O)C2(S(C)(=O)=O)CCNCC2)c1.Cl. The van der Waals surface area contributed by atoms with Crippen molar-refractivity contribution in [1.82, 2.24) is 10.6 Å². The molecule has 146 valence electrons. The summed E-state index contributed by atoms with van der Waals surface area (Å²) in [6.45, 7) is 2.66. The summed E-state index contributed by atoms with van der Waals surface area (Å²) < 4.78 is 22.9. The van der Waals surface area contributed by atoms with Crippen molar-refractivity contribution in [3.8, 4) is 0 Å². The normalized spacial score (nSPS) is 16.2. The monoisotopic (exact) mass is 403 g/mol. The third-order valence-electron chi connectivity index (χ3n) is 4.56. The summed E-state index contributed by atoms with van der Waals surface area (Å²) >= 11 is 0. The van der Waals surface area contributed by atoms with Crippen LogP contribution >= 0.6 is 12.4 Å². The zero-order valence-electron chi connectivity index (χ0n) is 15.0. The quantitative estimate of drug-likeness (QED) is 0.654. The highest BCUT2D eigenvalue weighted by Gasteiger charge is 2.48. The van der Waals surface area contributed by atoms with Gasteiger partial charge >= 0.3 is 0 Å². The number of benzene rings is 1. The first-order valence-corrected chi connectivity index (χ1v) is 10.2. The van der Waals surface area contributed by atoms with Crippen LogP contribution in [0.15, 0.2) is 24.3 Å². The topological polar surface area (TPSA) is 104 Å². The molecule has 1 aromatic carbocycles. The predicted octanol–water partition coefficient (Wildman–Crippen LogP) is 0.892. The minimum atomic E-state index is -3.59. The van der Waals surface area contributed by atoms with E-state index < -0.39 is 20.5 Å². The van der Waals surface area contributed by atoms with Gasteiger partial charge in [-0.15, -0.1) is 12.4 Å². The Morgan fingerprint density at radius 1 is 1.23 bits per heavy atom. The number of piperidine rings is 1. The molecular formula is C17H26ClN3O4S. The summed E-state index contributed by atoms with van der Waals surface area (Å²) in [5.74, 6) is -0.992. The molecule has 1 aliphatic heterocycles. The lowest BCUT2D eigenvalue weighted by Crippen LogP contribution is -2.58. The predicted molar refractivity (Wildman–Crippen MR) is 104 cm³/mol. The van der Waals surface area contributed by atoms with E-state index in [0.29, 0.717) is 18.8 Å². The highest BCUT2D eigenvalue weighted by Crippen LogP contribution is 2.27. The zero-order valence-corrected chi connectivity index (χ0v) is 16.6. The maximum Gasteiger partial charge on any atom is 0.243 e. The fourth-order valence-electron chi connectivity index (χ4n) is 2.99. The second-order valence-electron chi connectivity index (χ2n) is 6.30. The molecule has 0 aromatic heterocycles. The van der Waals surface area contributed by atoms with E-state index >= 15 is 0 Å². The van der Waals surface area contributed by atoms with E-state index in [0.717, 1.165) is 18.2 Å². The third-order valence-corrected chi connectivity index (χ3v) is 6.58. The van der Waals surface area contributed by atoms with Crippen molar-refractivity contribution in [2.24, 2.45) is 0 Å². The Labute approximate surface area is 160 Å². The molecule has 2 amide bonds. The summed E-state index contributed by atoms with van der Waals surface area (Å²) in [6.07, 6.45) is 2.34. The molecule has 0 atom stereocenters. The lowest BCUT2D eigenvalue weighted by atomic mass is 9.96. The van der Waals surface area contributed by atoms with Gasteiger partial charge in [0.25, 0.3) is 0 Å². The first-order valence-electron chi connectivity index (χ1n) is 8.36. The smallest absolute Gasteiger partial charge is 0.243 e. The number of anilines is 1. The Bertz CT molecular complexity index is 746. The average Bonchev–Trinajstić information content (AvgIpc) is 2.59. The van der Waals surface area contributed by atoms with Gasteiger partial charge in [0.1, 0.15) is 0 Å². The molecule has 3 N–H and O–H groups in total. The second kappa shape index (κ2) is 9.34. The van der Waals surface area contributed by atoms with E-state index in [2.05, 4.69) is 16.0 Å². The maximum absolute atomic E-state index is 12.5. The summed E-state index contributed by atoms with van der Waals surface area (Å²) in [5, 5.41) is 8.25. The number of nitrogens with one attached hydrogen (secondary N) is 3. The summed E-state index contributed by atoms with van der Waals surface area (Å²) in [4.78, 5) is 24.6. The molecule has 1 aromatic rings. The molecule has 1 saturated heterocycles. The van der Waals surface area contributed by atoms with E-state index in [4.69, 9.17) is 0 Å². The minimum absolute atomic E-state index is 0. The molecule has 9 heteroatoms. The van der Waals surface area contributed by atoms with Crippen molar-refractivity contribution in [2.75, 3.05) is 31.2 Å². The van der Waals surface area contributed by atoms with E-state index in [-0.39, 0.29) is 37.7 Å². The largest absolute Gasteiger partial charge is 0.346 e. The maximum atomic E-state index is 12.5. The first-order chi connectivity index (χ1) is 11.8. The molecule has 0 aliphatic carbocycles. The molecule has 0 spiro atoms. The van der Waals surface area contributed by atoms with Gasteiger partial charge in [-0.25, -0.2) is 8.42 Å².